The monoisotopic (exact) mass is 197 g/mol. The minimum Gasteiger partial charge on any atom is -0.315 e. The Morgan fingerprint density at radius 2 is 2.29 bits per heavy atom. The lowest BCUT2D eigenvalue weighted by Crippen LogP contribution is -2.40. The lowest BCUT2D eigenvalue weighted by atomic mass is 10.1. The summed E-state index contributed by atoms with van der Waals surface area (Å²) in [5.41, 5.74) is 0. The van der Waals surface area contributed by atoms with Crippen LogP contribution in [0.2, 0.25) is 0 Å². The zero-order valence-corrected chi connectivity index (χ0v) is 9.26. The Balaban J connectivity index is 1.77. The third-order valence-electron chi connectivity index (χ3n) is 3.31. The van der Waals surface area contributed by atoms with Crippen LogP contribution in [0.4, 0.5) is 0 Å². The third kappa shape index (κ3) is 2.94. The molecule has 0 aromatic rings. The molecule has 2 aliphatic heterocycles. The largest absolute Gasteiger partial charge is 0.315 e. The quantitative estimate of drug-likeness (QED) is 0.666. The number of nitrogens with one attached hydrogen (secondary N) is 2. The van der Waals surface area contributed by atoms with Gasteiger partial charge in [-0.3, -0.25) is 0 Å². The van der Waals surface area contributed by atoms with E-state index in [1.807, 2.05) is 0 Å². The van der Waals surface area contributed by atoms with Crippen molar-refractivity contribution < 1.29 is 0 Å². The van der Waals surface area contributed by atoms with Crippen LogP contribution in [0.5, 0.6) is 0 Å². The molecule has 3 nitrogen and oxygen atoms in total. The van der Waals surface area contributed by atoms with E-state index in [9.17, 15) is 0 Å². The minimum absolute atomic E-state index is 0.764. The van der Waals surface area contributed by atoms with Gasteiger partial charge >= 0.3 is 0 Å². The molecular formula is C11H23N3. The zero-order chi connectivity index (χ0) is 9.80. The van der Waals surface area contributed by atoms with Gasteiger partial charge in [0.15, 0.2) is 0 Å². The van der Waals surface area contributed by atoms with Gasteiger partial charge in [0.25, 0.3) is 0 Å². The molecule has 2 rings (SSSR count). The Labute approximate surface area is 87.2 Å². The first-order valence-electron chi connectivity index (χ1n) is 6.01. The molecule has 2 heterocycles. The first kappa shape index (κ1) is 10.4. The molecule has 0 aromatic carbocycles. The van der Waals surface area contributed by atoms with Gasteiger partial charge in [-0.1, -0.05) is 6.92 Å². The molecule has 3 heteroatoms. The van der Waals surface area contributed by atoms with Crippen LogP contribution >= 0.6 is 0 Å². The minimum atomic E-state index is 0.764. The van der Waals surface area contributed by atoms with Crippen molar-refractivity contribution in [3.05, 3.63) is 0 Å². The van der Waals surface area contributed by atoms with Crippen molar-refractivity contribution in [3.8, 4) is 0 Å². The van der Waals surface area contributed by atoms with E-state index in [1.165, 1.54) is 45.6 Å². The molecule has 0 aliphatic carbocycles. The summed E-state index contributed by atoms with van der Waals surface area (Å²) >= 11 is 0. The Hall–Kier alpha value is -0.120. The number of rotatable bonds is 2. The van der Waals surface area contributed by atoms with Crippen molar-refractivity contribution in [1.82, 2.24) is 15.5 Å². The molecule has 0 amide bonds. The van der Waals surface area contributed by atoms with Crippen LogP contribution in [-0.4, -0.2) is 50.2 Å². The predicted octanol–water partition coefficient (Wildman–Crippen LogP) is 0.280. The van der Waals surface area contributed by atoms with E-state index < -0.39 is 0 Å². The number of nitrogens with zero attached hydrogens (tertiary/aromatic N) is 1. The molecule has 2 atom stereocenters. The highest BCUT2D eigenvalue weighted by atomic mass is 15.2. The third-order valence-corrected chi connectivity index (χ3v) is 3.31. The molecule has 2 fully saturated rings. The van der Waals surface area contributed by atoms with Gasteiger partial charge in [0.2, 0.25) is 0 Å². The molecule has 0 radical (unpaired) electrons. The molecule has 0 bridgehead atoms. The fourth-order valence-electron chi connectivity index (χ4n) is 2.57. The summed E-state index contributed by atoms with van der Waals surface area (Å²) in [5.74, 6) is 0.805. The molecule has 2 aliphatic rings. The highest BCUT2D eigenvalue weighted by Crippen LogP contribution is 2.09. The highest BCUT2D eigenvalue weighted by molar-refractivity contribution is 4.80. The first-order valence-corrected chi connectivity index (χ1v) is 6.01. The Kier molecular flexibility index (Phi) is 3.79. The molecular weight excluding hydrogens is 174 g/mol. The average molecular weight is 197 g/mol. The van der Waals surface area contributed by atoms with E-state index in [0.29, 0.717) is 0 Å². The predicted molar refractivity (Wildman–Crippen MR) is 59.5 cm³/mol. The standard InChI is InChI=1S/C11H23N3/c1-10-7-12-5-6-14(8-10)9-11-3-2-4-13-11/h10-13H,2-9H2,1H3. The molecule has 0 saturated carbocycles. The van der Waals surface area contributed by atoms with E-state index in [-0.39, 0.29) is 0 Å². The van der Waals surface area contributed by atoms with Crippen LogP contribution < -0.4 is 10.6 Å². The summed E-state index contributed by atoms with van der Waals surface area (Å²) in [6.45, 7) is 9.67. The van der Waals surface area contributed by atoms with Crippen molar-refractivity contribution >= 4 is 0 Å². The van der Waals surface area contributed by atoms with Crippen LogP contribution in [0.25, 0.3) is 0 Å². The Morgan fingerprint density at radius 3 is 3.07 bits per heavy atom. The smallest absolute Gasteiger partial charge is 0.0195 e. The number of hydrogen-bond donors (Lipinski definition) is 2. The lowest BCUT2D eigenvalue weighted by Gasteiger charge is -2.25. The van der Waals surface area contributed by atoms with Crippen LogP contribution in [0, 0.1) is 5.92 Å². The molecule has 0 spiro atoms. The zero-order valence-electron chi connectivity index (χ0n) is 9.26. The second-order valence-electron chi connectivity index (χ2n) is 4.86. The summed E-state index contributed by atoms with van der Waals surface area (Å²) in [5, 5.41) is 7.07. The van der Waals surface area contributed by atoms with E-state index >= 15 is 0 Å². The van der Waals surface area contributed by atoms with Gasteiger partial charge < -0.3 is 15.5 Å². The van der Waals surface area contributed by atoms with E-state index in [2.05, 4.69) is 22.5 Å². The summed E-state index contributed by atoms with van der Waals surface area (Å²) < 4.78 is 0. The topological polar surface area (TPSA) is 27.3 Å². The molecule has 82 valence electrons. The van der Waals surface area contributed by atoms with Crippen molar-refractivity contribution in [2.75, 3.05) is 39.3 Å². The molecule has 0 aromatic heterocycles. The van der Waals surface area contributed by atoms with Gasteiger partial charge in [0.05, 0.1) is 0 Å². The normalized spacial score (nSPS) is 35.8. The van der Waals surface area contributed by atoms with Crippen molar-refractivity contribution in [1.29, 1.82) is 0 Å². The summed E-state index contributed by atoms with van der Waals surface area (Å²) in [6, 6.07) is 0.764. The van der Waals surface area contributed by atoms with Gasteiger partial charge in [-0.2, -0.15) is 0 Å². The van der Waals surface area contributed by atoms with E-state index in [0.717, 1.165) is 18.5 Å². The van der Waals surface area contributed by atoms with E-state index in [4.69, 9.17) is 0 Å². The van der Waals surface area contributed by atoms with Crippen molar-refractivity contribution in [2.24, 2.45) is 5.92 Å². The summed E-state index contributed by atoms with van der Waals surface area (Å²) in [7, 11) is 0. The van der Waals surface area contributed by atoms with E-state index in [1.54, 1.807) is 0 Å². The Morgan fingerprint density at radius 1 is 1.36 bits per heavy atom. The van der Waals surface area contributed by atoms with Crippen molar-refractivity contribution in [3.63, 3.8) is 0 Å². The second-order valence-corrected chi connectivity index (χ2v) is 4.86. The maximum Gasteiger partial charge on any atom is 0.0195 e. The first-order chi connectivity index (χ1) is 6.84. The second kappa shape index (κ2) is 5.10. The summed E-state index contributed by atoms with van der Waals surface area (Å²) in [6.07, 6.45) is 2.74. The molecule has 14 heavy (non-hydrogen) atoms. The van der Waals surface area contributed by atoms with Gasteiger partial charge in [-0.25, -0.2) is 0 Å². The Bertz CT molecular complexity index is 166. The van der Waals surface area contributed by atoms with Gasteiger partial charge in [-0.05, 0) is 31.8 Å². The van der Waals surface area contributed by atoms with Gasteiger partial charge in [0, 0.05) is 32.2 Å². The lowest BCUT2D eigenvalue weighted by molar-refractivity contribution is 0.242. The van der Waals surface area contributed by atoms with Crippen molar-refractivity contribution in [2.45, 2.75) is 25.8 Å². The number of hydrogen-bond acceptors (Lipinski definition) is 3. The van der Waals surface area contributed by atoms with Gasteiger partial charge in [0.1, 0.15) is 0 Å². The summed E-state index contributed by atoms with van der Waals surface area (Å²) in [4.78, 5) is 2.62. The maximum absolute atomic E-state index is 3.58. The fraction of sp³-hybridized carbons (Fsp3) is 1.00. The fourth-order valence-corrected chi connectivity index (χ4v) is 2.57. The molecule has 2 unspecified atom stereocenters. The van der Waals surface area contributed by atoms with Crippen LogP contribution in [-0.2, 0) is 0 Å². The van der Waals surface area contributed by atoms with Crippen LogP contribution in [0.1, 0.15) is 19.8 Å². The van der Waals surface area contributed by atoms with Crippen LogP contribution in [0.3, 0.4) is 0 Å². The average Bonchev–Trinajstić information content (AvgIpc) is 2.56. The molecule has 2 saturated heterocycles. The molecule has 2 N–H and O–H groups in total. The van der Waals surface area contributed by atoms with Crippen LogP contribution in [0.15, 0.2) is 0 Å². The maximum atomic E-state index is 3.58. The highest BCUT2D eigenvalue weighted by Gasteiger charge is 2.20. The SMILES string of the molecule is CC1CNCCN(CC2CCCN2)C1. The van der Waals surface area contributed by atoms with Gasteiger partial charge in [-0.15, -0.1) is 0 Å².